The number of amides is 1. The van der Waals surface area contributed by atoms with Gasteiger partial charge in [-0.15, -0.1) is 0 Å². The normalized spacial score (nSPS) is 13.9. The molecule has 3 aromatic rings. The Kier molecular flexibility index (Phi) is 5.32. The van der Waals surface area contributed by atoms with Crippen molar-refractivity contribution in [2.75, 3.05) is 13.2 Å². The molecular weight excluding hydrogens is 356 g/mol. The maximum atomic E-state index is 12.0. The largest absolute Gasteiger partial charge is 0.478 e. The van der Waals surface area contributed by atoms with E-state index in [9.17, 15) is 4.79 Å². The maximum Gasteiger partial charge on any atom is 0.232 e. The number of ether oxygens (including phenoxy) is 1. The lowest BCUT2D eigenvalue weighted by molar-refractivity contribution is -0.128. The first-order valence-corrected chi connectivity index (χ1v) is 9.50. The highest BCUT2D eigenvalue weighted by Crippen LogP contribution is 2.24. The highest BCUT2D eigenvalue weighted by molar-refractivity contribution is 5.78. The molecule has 0 saturated carbocycles. The van der Waals surface area contributed by atoms with Crippen molar-refractivity contribution in [2.45, 2.75) is 32.7 Å². The smallest absolute Gasteiger partial charge is 0.232 e. The predicted molar refractivity (Wildman–Crippen MR) is 103 cm³/mol. The van der Waals surface area contributed by atoms with Crippen LogP contribution in [0.5, 0.6) is 5.88 Å². The summed E-state index contributed by atoms with van der Waals surface area (Å²) in [6.07, 6.45) is 1.98. The minimum atomic E-state index is 0.198. The Bertz CT molecular complexity index is 970. The summed E-state index contributed by atoms with van der Waals surface area (Å²) in [6.45, 7) is 3.85. The SMILES string of the molecule is CCOc1cccc(Cc2nc(-c3ccccc3CN3CCCC3=O)no2)n1. The third-order valence-corrected chi connectivity index (χ3v) is 4.66. The second-order valence-electron chi connectivity index (χ2n) is 6.66. The molecule has 0 atom stereocenters. The van der Waals surface area contributed by atoms with Crippen molar-refractivity contribution < 1.29 is 14.1 Å². The van der Waals surface area contributed by atoms with Gasteiger partial charge < -0.3 is 14.2 Å². The van der Waals surface area contributed by atoms with E-state index in [0.29, 0.717) is 43.6 Å². The van der Waals surface area contributed by atoms with E-state index in [1.165, 1.54) is 0 Å². The summed E-state index contributed by atoms with van der Waals surface area (Å²) in [5.41, 5.74) is 2.70. The summed E-state index contributed by atoms with van der Waals surface area (Å²) >= 11 is 0. The molecule has 0 bridgehead atoms. The van der Waals surface area contributed by atoms with Crippen LogP contribution in [-0.2, 0) is 17.8 Å². The van der Waals surface area contributed by atoms with Crippen molar-refractivity contribution in [1.82, 2.24) is 20.0 Å². The van der Waals surface area contributed by atoms with Gasteiger partial charge in [-0.2, -0.15) is 4.98 Å². The van der Waals surface area contributed by atoms with Crippen LogP contribution in [0.15, 0.2) is 47.0 Å². The molecule has 28 heavy (non-hydrogen) atoms. The summed E-state index contributed by atoms with van der Waals surface area (Å²) in [5, 5.41) is 4.15. The Hall–Kier alpha value is -3.22. The number of pyridine rings is 1. The van der Waals surface area contributed by atoms with Gasteiger partial charge >= 0.3 is 0 Å². The van der Waals surface area contributed by atoms with Crippen LogP contribution in [0.2, 0.25) is 0 Å². The van der Waals surface area contributed by atoms with Gasteiger partial charge in [0.2, 0.25) is 23.5 Å². The third kappa shape index (κ3) is 4.03. The molecule has 1 aliphatic rings. The van der Waals surface area contributed by atoms with Crippen molar-refractivity contribution in [2.24, 2.45) is 0 Å². The molecule has 0 aliphatic carbocycles. The summed E-state index contributed by atoms with van der Waals surface area (Å²) in [6, 6.07) is 13.5. The molecule has 4 rings (SSSR count). The quantitative estimate of drug-likeness (QED) is 0.628. The van der Waals surface area contributed by atoms with Crippen LogP contribution in [0.3, 0.4) is 0 Å². The number of benzene rings is 1. The van der Waals surface area contributed by atoms with Crippen LogP contribution in [0, 0.1) is 0 Å². The van der Waals surface area contributed by atoms with Crippen molar-refractivity contribution in [1.29, 1.82) is 0 Å². The predicted octanol–water partition coefficient (Wildman–Crippen LogP) is 3.24. The van der Waals surface area contributed by atoms with Gasteiger partial charge in [-0.3, -0.25) is 4.79 Å². The van der Waals surface area contributed by atoms with Crippen molar-refractivity contribution in [3.8, 4) is 17.3 Å². The summed E-state index contributed by atoms with van der Waals surface area (Å²) < 4.78 is 10.9. The van der Waals surface area contributed by atoms with E-state index in [2.05, 4.69) is 15.1 Å². The van der Waals surface area contributed by atoms with Crippen LogP contribution in [0.25, 0.3) is 11.4 Å². The number of likely N-dealkylation sites (tertiary alicyclic amines) is 1. The Morgan fingerprint density at radius 1 is 1.14 bits per heavy atom. The van der Waals surface area contributed by atoms with E-state index in [4.69, 9.17) is 9.26 Å². The molecule has 144 valence electrons. The van der Waals surface area contributed by atoms with Gasteiger partial charge in [0.25, 0.3) is 0 Å². The van der Waals surface area contributed by atoms with Crippen molar-refractivity contribution >= 4 is 5.91 Å². The highest BCUT2D eigenvalue weighted by atomic mass is 16.5. The van der Waals surface area contributed by atoms with Gasteiger partial charge in [0.1, 0.15) is 0 Å². The Morgan fingerprint density at radius 2 is 2.04 bits per heavy atom. The minimum absolute atomic E-state index is 0.198. The molecule has 1 saturated heterocycles. The molecule has 0 spiro atoms. The fraction of sp³-hybridized carbons (Fsp3) is 0.333. The molecular formula is C21H22N4O3. The molecule has 3 heterocycles. The Morgan fingerprint density at radius 3 is 2.86 bits per heavy atom. The minimum Gasteiger partial charge on any atom is -0.478 e. The zero-order chi connectivity index (χ0) is 19.3. The highest BCUT2D eigenvalue weighted by Gasteiger charge is 2.22. The van der Waals surface area contributed by atoms with Gasteiger partial charge in [-0.25, -0.2) is 4.98 Å². The first-order chi connectivity index (χ1) is 13.7. The Labute approximate surface area is 163 Å². The number of carbonyl (C=O) groups is 1. The number of rotatable bonds is 7. The van der Waals surface area contributed by atoms with Crippen LogP contribution in [0.4, 0.5) is 0 Å². The monoisotopic (exact) mass is 378 g/mol. The molecule has 1 amide bonds. The average molecular weight is 378 g/mol. The molecule has 1 fully saturated rings. The van der Waals surface area contributed by atoms with E-state index in [1.807, 2.05) is 54.3 Å². The fourth-order valence-electron chi connectivity index (χ4n) is 3.33. The lowest BCUT2D eigenvalue weighted by atomic mass is 10.1. The zero-order valence-electron chi connectivity index (χ0n) is 15.8. The molecule has 0 unspecified atom stereocenters. The summed E-state index contributed by atoms with van der Waals surface area (Å²) in [5.74, 6) is 1.80. The number of nitrogens with zero attached hydrogens (tertiary/aromatic N) is 4. The molecule has 2 aromatic heterocycles. The molecule has 0 N–H and O–H groups in total. The van der Waals surface area contributed by atoms with Gasteiger partial charge in [0.15, 0.2) is 0 Å². The standard InChI is InChI=1S/C21H22N4O3/c1-2-27-18-10-5-8-16(22-18)13-19-23-21(24-28-19)17-9-4-3-7-15(17)14-25-12-6-11-20(25)26/h3-5,7-10H,2,6,11-14H2,1H3. The van der Waals surface area contributed by atoms with Gasteiger partial charge in [-0.05, 0) is 25.0 Å². The van der Waals surface area contributed by atoms with E-state index in [-0.39, 0.29) is 5.91 Å². The number of hydrogen-bond acceptors (Lipinski definition) is 6. The lowest BCUT2D eigenvalue weighted by Gasteiger charge is -2.17. The van der Waals surface area contributed by atoms with Crippen LogP contribution in [-0.4, -0.2) is 39.1 Å². The number of carbonyl (C=O) groups excluding carboxylic acids is 1. The van der Waals surface area contributed by atoms with E-state index in [0.717, 1.165) is 29.8 Å². The van der Waals surface area contributed by atoms with Gasteiger partial charge in [0, 0.05) is 31.1 Å². The second kappa shape index (κ2) is 8.21. The second-order valence-corrected chi connectivity index (χ2v) is 6.66. The van der Waals surface area contributed by atoms with Crippen LogP contribution in [0.1, 0.15) is 36.9 Å². The fourth-order valence-corrected chi connectivity index (χ4v) is 3.33. The lowest BCUT2D eigenvalue weighted by Crippen LogP contribution is -2.24. The maximum absolute atomic E-state index is 12.0. The number of hydrogen-bond donors (Lipinski definition) is 0. The molecule has 0 radical (unpaired) electrons. The summed E-state index contributed by atoms with van der Waals surface area (Å²) in [7, 11) is 0. The third-order valence-electron chi connectivity index (χ3n) is 4.66. The van der Waals surface area contributed by atoms with Crippen LogP contribution >= 0.6 is 0 Å². The molecule has 7 heteroatoms. The van der Waals surface area contributed by atoms with Gasteiger partial charge in [0.05, 0.1) is 18.7 Å². The average Bonchev–Trinajstić information content (AvgIpc) is 3.32. The first kappa shape index (κ1) is 18.2. The van der Waals surface area contributed by atoms with Gasteiger partial charge in [-0.1, -0.05) is 35.5 Å². The molecule has 1 aromatic carbocycles. The van der Waals surface area contributed by atoms with Crippen molar-refractivity contribution in [3.05, 3.63) is 59.6 Å². The van der Waals surface area contributed by atoms with Crippen LogP contribution < -0.4 is 4.74 Å². The Balaban J connectivity index is 1.53. The number of aromatic nitrogens is 3. The van der Waals surface area contributed by atoms with Crippen molar-refractivity contribution in [3.63, 3.8) is 0 Å². The zero-order valence-corrected chi connectivity index (χ0v) is 15.8. The first-order valence-electron chi connectivity index (χ1n) is 9.50. The van der Waals surface area contributed by atoms with E-state index in [1.54, 1.807) is 0 Å². The molecule has 1 aliphatic heterocycles. The summed E-state index contributed by atoms with van der Waals surface area (Å²) in [4.78, 5) is 22.8. The van der Waals surface area contributed by atoms with E-state index >= 15 is 0 Å². The van der Waals surface area contributed by atoms with E-state index < -0.39 is 0 Å². The molecule has 7 nitrogen and oxygen atoms in total. The topological polar surface area (TPSA) is 81.4 Å².